The molecule has 0 amide bonds. The van der Waals surface area contributed by atoms with Crippen molar-refractivity contribution in [1.29, 1.82) is 0 Å². The molecular formula is C13H23BO2. The van der Waals surface area contributed by atoms with Crippen molar-refractivity contribution in [2.75, 3.05) is 0 Å². The fourth-order valence-electron chi connectivity index (χ4n) is 2.32. The lowest BCUT2D eigenvalue weighted by atomic mass is 9.82. The molecule has 0 aromatic heterocycles. The van der Waals surface area contributed by atoms with Gasteiger partial charge in [-0.15, -0.1) is 0 Å². The first-order valence-corrected chi connectivity index (χ1v) is 6.46. The van der Waals surface area contributed by atoms with Crippen molar-refractivity contribution < 1.29 is 9.31 Å². The Morgan fingerprint density at radius 2 is 1.44 bits per heavy atom. The van der Waals surface area contributed by atoms with E-state index in [-0.39, 0.29) is 18.3 Å². The van der Waals surface area contributed by atoms with E-state index in [1.807, 2.05) is 0 Å². The lowest BCUT2D eigenvalue weighted by Crippen LogP contribution is -2.41. The van der Waals surface area contributed by atoms with Gasteiger partial charge in [0.05, 0.1) is 11.2 Å². The second kappa shape index (κ2) is 4.19. The summed E-state index contributed by atoms with van der Waals surface area (Å²) < 4.78 is 11.9. The molecule has 0 spiro atoms. The molecule has 1 saturated heterocycles. The molecule has 90 valence electrons. The van der Waals surface area contributed by atoms with Crippen LogP contribution in [-0.2, 0) is 9.31 Å². The summed E-state index contributed by atoms with van der Waals surface area (Å²) in [5.41, 5.74) is 1.11. The van der Waals surface area contributed by atoms with E-state index >= 15 is 0 Å². The highest BCUT2D eigenvalue weighted by molar-refractivity contribution is 6.51. The summed E-state index contributed by atoms with van der Waals surface area (Å²) in [6.45, 7) is 8.41. The van der Waals surface area contributed by atoms with E-state index in [9.17, 15) is 0 Å². The molecule has 1 aliphatic heterocycles. The summed E-state index contributed by atoms with van der Waals surface area (Å²) in [6.07, 6.45) is 6.48. The smallest absolute Gasteiger partial charge is 0.400 e. The Balaban J connectivity index is 2.03. The van der Waals surface area contributed by atoms with Gasteiger partial charge in [-0.3, -0.25) is 0 Å². The van der Waals surface area contributed by atoms with Crippen LogP contribution >= 0.6 is 0 Å². The molecule has 0 N–H and O–H groups in total. The van der Waals surface area contributed by atoms with Crippen LogP contribution in [0.15, 0.2) is 11.5 Å². The van der Waals surface area contributed by atoms with E-state index < -0.39 is 0 Å². The van der Waals surface area contributed by atoms with Gasteiger partial charge >= 0.3 is 7.12 Å². The predicted molar refractivity (Wildman–Crippen MR) is 67.3 cm³/mol. The van der Waals surface area contributed by atoms with Gasteiger partial charge in [-0.05, 0) is 53.4 Å². The van der Waals surface area contributed by atoms with Gasteiger partial charge in [-0.2, -0.15) is 0 Å². The van der Waals surface area contributed by atoms with Gasteiger partial charge in [-0.1, -0.05) is 18.0 Å². The van der Waals surface area contributed by atoms with E-state index in [4.69, 9.17) is 9.31 Å². The van der Waals surface area contributed by atoms with Gasteiger partial charge in [0.15, 0.2) is 0 Å². The van der Waals surface area contributed by atoms with Crippen LogP contribution in [-0.4, -0.2) is 18.3 Å². The lowest BCUT2D eigenvalue weighted by molar-refractivity contribution is 0.00578. The summed E-state index contributed by atoms with van der Waals surface area (Å²) >= 11 is 0. The Bertz CT molecular complexity index is 270. The lowest BCUT2D eigenvalue weighted by Gasteiger charge is -2.32. The number of hydrogen-bond acceptors (Lipinski definition) is 2. The molecule has 0 radical (unpaired) electrons. The zero-order chi connectivity index (χ0) is 11.8. The molecule has 0 unspecified atom stereocenters. The molecule has 2 rings (SSSR count). The molecule has 2 aliphatic rings. The van der Waals surface area contributed by atoms with Crippen molar-refractivity contribution in [3.8, 4) is 0 Å². The van der Waals surface area contributed by atoms with Crippen LogP contribution in [0.2, 0.25) is 0 Å². The molecule has 0 bridgehead atoms. The highest BCUT2D eigenvalue weighted by atomic mass is 16.7. The second-order valence-electron chi connectivity index (χ2n) is 6.01. The second-order valence-corrected chi connectivity index (χ2v) is 6.01. The van der Waals surface area contributed by atoms with Crippen LogP contribution in [0, 0.1) is 0 Å². The quantitative estimate of drug-likeness (QED) is 0.632. The maximum absolute atomic E-state index is 5.97. The minimum Gasteiger partial charge on any atom is -0.400 e. The van der Waals surface area contributed by atoms with Crippen molar-refractivity contribution in [1.82, 2.24) is 0 Å². The third kappa shape index (κ3) is 2.35. The van der Waals surface area contributed by atoms with Gasteiger partial charge in [0.1, 0.15) is 0 Å². The molecule has 3 heteroatoms. The van der Waals surface area contributed by atoms with Crippen molar-refractivity contribution in [3.63, 3.8) is 0 Å². The highest BCUT2D eigenvalue weighted by Gasteiger charge is 2.50. The molecule has 0 atom stereocenters. The first-order chi connectivity index (χ1) is 7.41. The average molecular weight is 222 g/mol. The molecule has 1 heterocycles. The van der Waals surface area contributed by atoms with Gasteiger partial charge in [-0.25, -0.2) is 0 Å². The molecule has 2 fully saturated rings. The van der Waals surface area contributed by atoms with E-state index in [0.29, 0.717) is 0 Å². The molecule has 0 aromatic carbocycles. The normalized spacial score (nSPS) is 28.2. The number of rotatable bonds is 1. The van der Waals surface area contributed by atoms with Gasteiger partial charge in [0, 0.05) is 0 Å². The molecule has 1 saturated carbocycles. The zero-order valence-corrected chi connectivity index (χ0v) is 11.0. The maximum atomic E-state index is 5.97. The number of allylic oxidation sites excluding steroid dienone is 1. The van der Waals surface area contributed by atoms with Crippen LogP contribution in [0.25, 0.3) is 0 Å². The van der Waals surface area contributed by atoms with Crippen LogP contribution in [0.5, 0.6) is 0 Å². The summed E-state index contributed by atoms with van der Waals surface area (Å²) in [7, 11) is -0.141. The standard InChI is InChI=1S/C13H23BO2/c1-12(2)13(3,4)16-14(15-12)10-11-8-6-5-7-9-11/h10H,5-9H2,1-4H3. The molecule has 1 aliphatic carbocycles. The summed E-state index contributed by atoms with van der Waals surface area (Å²) in [5.74, 6) is 2.20. The Morgan fingerprint density at radius 1 is 0.938 bits per heavy atom. The maximum Gasteiger partial charge on any atom is 0.487 e. The summed E-state index contributed by atoms with van der Waals surface area (Å²) in [4.78, 5) is 0. The highest BCUT2D eigenvalue weighted by Crippen LogP contribution is 2.37. The van der Waals surface area contributed by atoms with Crippen LogP contribution in [0.4, 0.5) is 0 Å². The van der Waals surface area contributed by atoms with Crippen LogP contribution in [0.1, 0.15) is 59.8 Å². The SMILES string of the molecule is CC1(C)OB(C=C2CCCCC2)OC1(C)C. The van der Waals surface area contributed by atoms with Crippen molar-refractivity contribution in [3.05, 3.63) is 11.5 Å². The van der Waals surface area contributed by atoms with Gasteiger partial charge < -0.3 is 9.31 Å². The molecule has 2 nitrogen and oxygen atoms in total. The monoisotopic (exact) mass is 222 g/mol. The Labute approximate surface area is 99.5 Å². The Hall–Kier alpha value is -0.275. The zero-order valence-electron chi connectivity index (χ0n) is 11.0. The Morgan fingerprint density at radius 3 is 1.94 bits per heavy atom. The first-order valence-electron chi connectivity index (χ1n) is 6.46. The minimum absolute atomic E-state index is 0.141. The average Bonchev–Trinajstić information content (AvgIpc) is 2.36. The Kier molecular flexibility index (Phi) is 3.19. The third-order valence-corrected chi connectivity index (χ3v) is 4.14. The number of hydrogen-bond donors (Lipinski definition) is 0. The van der Waals surface area contributed by atoms with E-state index in [1.54, 1.807) is 0 Å². The predicted octanol–water partition coefficient (Wildman–Crippen LogP) is 3.51. The largest absolute Gasteiger partial charge is 0.487 e. The van der Waals surface area contributed by atoms with Crippen molar-refractivity contribution >= 4 is 7.12 Å². The third-order valence-electron chi connectivity index (χ3n) is 4.14. The summed E-state index contributed by atoms with van der Waals surface area (Å²) in [5, 5.41) is 0. The molecular weight excluding hydrogens is 199 g/mol. The van der Waals surface area contributed by atoms with Crippen molar-refractivity contribution in [2.24, 2.45) is 0 Å². The van der Waals surface area contributed by atoms with Crippen molar-refractivity contribution in [2.45, 2.75) is 71.0 Å². The molecule has 0 aromatic rings. The topological polar surface area (TPSA) is 18.5 Å². The molecule has 16 heavy (non-hydrogen) atoms. The first kappa shape index (κ1) is 12.2. The minimum atomic E-state index is -0.205. The van der Waals surface area contributed by atoms with Gasteiger partial charge in [0.25, 0.3) is 0 Å². The van der Waals surface area contributed by atoms with E-state index in [0.717, 1.165) is 0 Å². The summed E-state index contributed by atoms with van der Waals surface area (Å²) in [6, 6.07) is 0. The van der Waals surface area contributed by atoms with Crippen LogP contribution < -0.4 is 0 Å². The van der Waals surface area contributed by atoms with E-state index in [1.165, 1.54) is 37.7 Å². The van der Waals surface area contributed by atoms with E-state index in [2.05, 4.69) is 33.7 Å². The fourth-order valence-corrected chi connectivity index (χ4v) is 2.32. The van der Waals surface area contributed by atoms with Gasteiger partial charge in [0.2, 0.25) is 0 Å². The fraction of sp³-hybridized carbons (Fsp3) is 0.846. The van der Waals surface area contributed by atoms with Crippen LogP contribution in [0.3, 0.4) is 0 Å².